The lowest BCUT2D eigenvalue weighted by molar-refractivity contribution is 0.0248. The highest BCUT2D eigenvalue weighted by atomic mass is 16.5. The van der Waals surface area contributed by atoms with E-state index in [-0.39, 0.29) is 17.2 Å². The van der Waals surface area contributed by atoms with Gasteiger partial charge >= 0.3 is 11.9 Å². The molecule has 0 amide bonds. The molecular formula is C22H34O4. The van der Waals surface area contributed by atoms with Gasteiger partial charge in [0.1, 0.15) is 6.10 Å². The van der Waals surface area contributed by atoms with E-state index >= 15 is 0 Å². The molecule has 1 aromatic rings. The Bertz CT molecular complexity index is 551. The molecule has 1 rings (SSSR count). The van der Waals surface area contributed by atoms with Gasteiger partial charge in [-0.2, -0.15) is 0 Å². The van der Waals surface area contributed by atoms with E-state index in [1.165, 1.54) is 37.8 Å². The summed E-state index contributed by atoms with van der Waals surface area (Å²) < 4.78 is 5.62. The first-order valence-electron chi connectivity index (χ1n) is 9.99. The molecule has 1 N–H and O–H groups in total. The number of benzene rings is 1. The fraction of sp³-hybridized carbons (Fsp3) is 0.636. The third kappa shape index (κ3) is 8.50. The number of ether oxygens (including phenoxy) is 1. The number of unbranched alkanes of at least 4 members (excludes halogenated alkanes) is 4. The average molecular weight is 363 g/mol. The minimum Gasteiger partial charge on any atom is -0.478 e. The molecule has 4 nitrogen and oxygen atoms in total. The predicted octanol–water partition coefficient (Wildman–Crippen LogP) is 6.10. The Morgan fingerprint density at radius 1 is 0.923 bits per heavy atom. The molecule has 0 saturated heterocycles. The van der Waals surface area contributed by atoms with Crippen molar-refractivity contribution in [3.8, 4) is 0 Å². The first-order valence-corrected chi connectivity index (χ1v) is 9.99. The Kier molecular flexibility index (Phi) is 10.7. The van der Waals surface area contributed by atoms with Crippen molar-refractivity contribution in [2.24, 2.45) is 5.92 Å². The van der Waals surface area contributed by atoms with Crippen molar-refractivity contribution in [1.82, 2.24) is 0 Å². The third-order valence-corrected chi connectivity index (χ3v) is 4.57. The Balaban J connectivity index is 2.45. The topological polar surface area (TPSA) is 63.6 Å². The third-order valence-electron chi connectivity index (χ3n) is 4.57. The second-order valence-corrected chi connectivity index (χ2v) is 7.41. The van der Waals surface area contributed by atoms with E-state index in [0.29, 0.717) is 0 Å². The number of esters is 1. The highest BCUT2D eigenvalue weighted by Crippen LogP contribution is 2.18. The van der Waals surface area contributed by atoms with Crippen molar-refractivity contribution in [2.75, 3.05) is 0 Å². The molecule has 0 saturated carbocycles. The second-order valence-electron chi connectivity index (χ2n) is 7.41. The highest BCUT2D eigenvalue weighted by Gasteiger charge is 2.20. The van der Waals surface area contributed by atoms with Gasteiger partial charge in [-0.1, -0.05) is 71.4 Å². The molecule has 0 radical (unpaired) electrons. The first kappa shape index (κ1) is 22.2. The van der Waals surface area contributed by atoms with Crippen LogP contribution in [-0.4, -0.2) is 23.1 Å². The maximum Gasteiger partial charge on any atom is 0.339 e. The average Bonchev–Trinajstić information content (AvgIpc) is 2.60. The van der Waals surface area contributed by atoms with Crippen molar-refractivity contribution < 1.29 is 19.4 Å². The van der Waals surface area contributed by atoms with Crippen LogP contribution in [0.3, 0.4) is 0 Å². The van der Waals surface area contributed by atoms with Crippen LogP contribution in [0.25, 0.3) is 0 Å². The molecule has 0 bridgehead atoms. The molecule has 0 aliphatic carbocycles. The molecule has 146 valence electrons. The monoisotopic (exact) mass is 362 g/mol. The molecule has 0 aliphatic rings. The van der Waals surface area contributed by atoms with E-state index in [2.05, 4.69) is 20.8 Å². The molecule has 0 aromatic heterocycles. The molecule has 1 aromatic carbocycles. The summed E-state index contributed by atoms with van der Waals surface area (Å²) in [6, 6.07) is 6.23. The fourth-order valence-corrected chi connectivity index (χ4v) is 3.10. The zero-order valence-electron chi connectivity index (χ0n) is 16.5. The van der Waals surface area contributed by atoms with E-state index in [4.69, 9.17) is 4.74 Å². The normalized spacial score (nSPS) is 12.2. The van der Waals surface area contributed by atoms with Crippen LogP contribution in [0.4, 0.5) is 0 Å². The van der Waals surface area contributed by atoms with E-state index in [1.807, 2.05) is 0 Å². The Labute approximate surface area is 158 Å². The number of carboxylic acid groups (broad SMARTS) is 1. The second kappa shape index (κ2) is 12.5. The van der Waals surface area contributed by atoms with E-state index in [1.54, 1.807) is 12.1 Å². The summed E-state index contributed by atoms with van der Waals surface area (Å²) in [6.07, 6.45) is 9.73. The number of carbonyl (C=O) groups excluding carboxylic acids is 1. The van der Waals surface area contributed by atoms with Gasteiger partial charge in [0.15, 0.2) is 0 Å². The molecule has 0 fully saturated rings. The minimum absolute atomic E-state index is 0.00194. The zero-order valence-corrected chi connectivity index (χ0v) is 16.5. The molecule has 1 atom stereocenters. The summed E-state index contributed by atoms with van der Waals surface area (Å²) in [7, 11) is 0. The molecular weight excluding hydrogens is 328 g/mol. The van der Waals surface area contributed by atoms with Crippen LogP contribution in [0.15, 0.2) is 24.3 Å². The highest BCUT2D eigenvalue weighted by molar-refractivity contribution is 6.02. The molecule has 4 heteroatoms. The predicted molar refractivity (Wildman–Crippen MR) is 105 cm³/mol. The van der Waals surface area contributed by atoms with Gasteiger partial charge in [0, 0.05) is 0 Å². The van der Waals surface area contributed by atoms with Crippen molar-refractivity contribution in [2.45, 2.75) is 84.7 Å². The number of aromatic carboxylic acids is 1. The molecule has 1 unspecified atom stereocenters. The Hall–Kier alpha value is -1.84. The van der Waals surface area contributed by atoms with Crippen LogP contribution >= 0.6 is 0 Å². The Morgan fingerprint density at radius 3 is 2.08 bits per heavy atom. The van der Waals surface area contributed by atoms with Gasteiger partial charge in [-0.25, -0.2) is 9.59 Å². The smallest absolute Gasteiger partial charge is 0.339 e. The quantitative estimate of drug-likeness (QED) is 0.340. The van der Waals surface area contributed by atoms with Crippen molar-refractivity contribution >= 4 is 11.9 Å². The summed E-state index contributed by atoms with van der Waals surface area (Å²) in [4.78, 5) is 23.7. The lowest BCUT2D eigenvalue weighted by Gasteiger charge is -2.18. The van der Waals surface area contributed by atoms with Crippen molar-refractivity contribution in [1.29, 1.82) is 0 Å². The van der Waals surface area contributed by atoms with Gasteiger partial charge in [-0.05, 0) is 37.3 Å². The lowest BCUT2D eigenvalue weighted by atomic mass is 10.0. The summed E-state index contributed by atoms with van der Waals surface area (Å²) in [6.45, 7) is 6.58. The lowest BCUT2D eigenvalue weighted by Crippen LogP contribution is -2.20. The van der Waals surface area contributed by atoms with E-state index in [9.17, 15) is 14.7 Å². The van der Waals surface area contributed by atoms with Crippen molar-refractivity contribution in [3.05, 3.63) is 35.4 Å². The number of carbonyl (C=O) groups is 2. The standard InChI is InChI=1S/C22H34O4/c1-4-12-18(14-9-7-5-6-8-13-17(2)3)26-22(25)20-16-11-10-15-19(20)21(23)24/h10-11,15-18H,4-9,12-14H2,1-3H3,(H,23,24). The maximum absolute atomic E-state index is 12.4. The SMILES string of the molecule is CCCC(CCCCCCCC(C)C)OC(=O)c1ccccc1C(=O)O. The van der Waals surface area contributed by atoms with Crippen molar-refractivity contribution in [3.63, 3.8) is 0 Å². The van der Waals surface area contributed by atoms with Crippen LogP contribution in [0.2, 0.25) is 0 Å². The maximum atomic E-state index is 12.4. The Morgan fingerprint density at radius 2 is 1.50 bits per heavy atom. The van der Waals surface area contributed by atoms with Gasteiger partial charge in [0.2, 0.25) is 0 Å². The van der Waals surface area contributed by atoms with Gasteiger partial charge in [-0.15, -0.1) is 0 Å². The van der Waals surface area contributed by atoms with Crippen LogP contribution < -0.4 is 0 Å². The summed E-state index contributed by atoms with van der Waals surface area (Å²) in [5.74, 6) is -0.860. The van der Waals surface area contributed by atoms with Gasteiger partial charge in [-0.3, -0.25) is 0 Å². The zero-order chi connectivity index (χ0) is 19.4. The van der Waals surface area contributed by atoms with E-state index < -0.39 is 11.9 Å². The number of hydrogen-bond donors (Lipinski definition) is 1. The summed E-state index contributed by atoms with van der Waals surface area (Å²) in [5.41, 5.74) is 0.132. The minimum atomic E-state index is -1.11. The van der Waals surface area contributed by atoms with Crippen LogP contribution in [-0.2, 0) is 4.74 Å². The van der Waals surface area contributed by atoms with E-state index in [0.717, 1.165) is 38.0 Å². The van der Waals surface area contributed by atoms with Gasteiger partial charge in [0.25, 0.3) is 0 Å². The van der Waals surface area contributed by atoms with Crippen LogP contribution in [0, 0.1) is 5.92 Å². The van der Waals surface area contributed by atoms with Crippen LogP contribution in [0.5, 0.6) is 0 Å². The van der Waals surface area contributed by atoms with Gasteiger partial charge < -0.3 is 9.84 Å². The largest absolute Gasteiger partial charge is 0.478 e. The molecule has 0 heterocycles. The van der Waals surface area contributed by atoms with Gasteiger partial charge in [0.05, 0.1) is 11.1 Å². The summed E-state index contributed by atoms with van der Waals surface area (Å²) >= 11 is 0. The first-order chi connectivity index (χ1) is 12.5. The molecule has 0 aliphatic heterocycles. The number of hydrogen-bond acceptors (Lipinski definition) is 3. The van der Waals surface area contributed by atoms with Crippen LogP contribution in [0.1, 0.15) is 99.3 Å². The number of carboxylic acids is 1. The molecule has 26 heavy (non-hydrogen) atoms. The summed E-state index contributed by atoms with van der Waals surface area (Å²) in [5, 5.41) is 9.22. The number of rotatable bonds is 13. The molecule has 0 spiro atoms. The fourth-order valence-electron chi connectivity index (χ4n) is 3.10.